The Morgan fingerprint density at radius 2 is 2.12 bits per heavy atom. The highest BCUT2D eigenvalue weighted by molar-refractivity contribution is 5.36. The summed E-state index contributed by atoms with van der Waals surface area (Å²) < 4.78 is 1.63. The number of aryl methyl sites for hydroxylation is 1. The zero-order chi connectivity index (χ0) is 12.3. The number of hydrogen-bond acceptors (Lipinski definition) is 4. The van der Waals surface area contributed by atoms with E-state index in [0.29, 0.717) is 6.54 Å². The van der Waals surface area contributed by atoms with Gasteiger partial charge in [0.15, 0.2) is 11.4 Å². The van der Waals surface area contributed by atoms with Crippen LogP contribution >= 0.6 is 0 Å². The number of rotatable bonds is 2. The highest BCUT2D eigenvalue weighted by Gasteiger charge is 2.10. The highest BCUT2D eigenvalue weighted by Crippen LogP contribution is 2.08. The van der Waals surface area contributed by atoms with Crippen molar-refractivity contribution < 1.29 is 0 Å². The van der Waals surface area contributed by atoms with E-state index in [1.807, 2.05) is 37.3 Å². The fourth-order valence-electron chi connectivity index (χ4n) is 1.56. The Morgan fingerprint density at radius 1 is 1.29 bits per heavy atom. The van der Waals surface area contributed by atoms with Gasteiger partial charge in [-0.3, -0.25) is 4.98 Å². The van der Waals surface area contributed by atoms with Gasteiger partial charge >= 0.3 is 0 Å². The first-order valence-electron chi connectivity index (χ1n) is 5.02. The van der Waals surface area contributed by atoms with Crippen molar-refractivity contribution in [3.05, 3.63) is 47.3 Å². The Labute approximate surface area is 98.6 Å². The summed E-state index contributed by atoms with van der Waals surface area (Å²) >= 11 is 0. The topological polar surface area (TPSA) is 78.3 Å². The van der Waals surface area contributed by atoms with Crippen LogP contribution in [0.15, 0.2) is 24.5 Å². The summed E-state index contributed by atoms with van der Waals surface area (Å²) in [6.45, 7) is 2.35. The van der Waals surface area contributed by atoms with Crippen molar-refractivity contribution in [2.75, 3.05) is 0 Å². The molecule has 0 spiro atoms. The fraction of sp³-hybridized carbons (Fsp3) is 0.167. The lowest BCUT2D eigenvalue weighted by Gasteiger charge is -2.03. The van der Waals surface area contributed by atoms with Gasteiger partial charge in [0, 0.05) is 5.69 Å². The maximum Gasteiger partial charge on any atom is 0.176 e. The summed E-state index contributed by atoms with van der Waals surface area (Å²) in [7, 11) is 0. The second kappa shape index (κ2) is 4.46. The molecule has 2 aromatic heterocycles. The molecule has 0 saturated heterocycles. The molecule has 0 aliphatic heterocycles. The SMILES string of the molecule is Cc1cccc(Cn2cnc(C#N)c2C#N)n1. The molecule has 0 saturated carbocycles. The minimum absolute atomic E-state index is 0.153. The third-order valence-corrected chi connectivity index (χ3v) is 2.33. The molecule has 0 amide bonds. The lowest BCUT2D eigenvalue weighted by Crippen LogP contribution is -2.03. The minimum Gasteiger partial charge on any atom is -0.315 e. The molecule has 17 heavy (non-hydrogen) atoms. The number of imidazole rings is 1. The van der Waals surface area contributed by atoms with Crippen molar-refractivity contribution in [2.24, 2.45) is 0 Å². The van der Waals surface area contributed by atoms with Crippen molar-refractivity contribution in [1.82, 2.24) is 14.5 Å². The van der Waals surface area contributed by atoms with Crippen LogP contribution in [-0.2, 0) is 6.54 Å². The molecular formula is C12H9N5. The molecule has 2 rings (SSSR count). The molecule has 0 radical (unpaired) electrons. The van der Waals surface area contributed by atoms with Crippen molar-refractivity contribution in [2.45, 2.75) is 13.5 Å². The molecule has 5 nitrogen and oxygen atoms in total. The Kier molecular flexibility index (Phi) is 2.85. The van der Waals surface area contributed by atoms with Crippen LogP contribution in [0.4, 0.5) is 0 Å². The van der Waals surface area contributed by atoms with E-state index in [-0.39, 0.29) is 11.4 Å². The van der Waals surface area contributed by atoms with Crippen LogP contribution in [0.3, 0.4) is 0 Å². The third kappa shape index (κ3) is 2.14. The fourth-order valence-corrected chi connectivity index (χ4v) is 1.56. The number of hydrogen-bond donors (Lipinski definition) is 0. The van der Waals surface area contributed by atoms with Gasteiger partial charge in [-0.15, -0.1) is 0 Å². The smallest absolute Gasteiger partial charge is 0.176 e. The zero-order valence-corrected chi connectivity index (χ0v) is 9.25. The van der Waals surface area contributed by atoms with Gasteiger partial charge in [-0.05, 0) is 19.1 Å². The number of nitrogens with zero attached hydrogens (tertiary/aromatic N) is 5. The molecule has 0 aromatic carbocycles. The summed E-state index contributed by atoms with van der Waals surface area (Å²) in [6, 6.07) is 9.56. The summed E-state index contributed by atoms with van der Waals surface area (Å²) in [5, 5.41) is 17.8. The van der Waals surface area contributed by atoms with Gasteiger partial charge in [-0.1, -0.05) is 6.07 Å². The Morgan fingerprint density at radius 3 is 2.76 bits per heavy atom. The predicted octanol–water partition coefficient (Wildman–Crippen LogP) is 1.38. The van der Waals surface area contributed by atoms with Gasteiger partial charge in [0.05, 0.1) is 18.6 Å². The monoisotopic (exact) mass is 223 g/mol. The number of pyridine rings is 1. The van der Waals surface area contributed by atoms with E-state index in [0.717, 1.165) is 11.4 Å². The standard InChI is InChI=1S/C12H9N5/c1-9-3-2-4-10(16-9)7-17-8-15-11(5-13)12(17)6-14/h2-4,8H,7H2,1H3. The summed E-state index contributed by atoms with van der Waals surface area (Å²) in [5.74, 6) is 0. The molecule has 2 heterocycles. The zero-order valence-electron chi connectivity index (χ0n) is 9.25. The lowest BCUT2D eigenvalue weighted by molar-refractivity contribution is 0.759. The summed E-state index contributed by atoms with van der Waals surface area (Å²) in [5.41, 5.74) is 2.18. The number of nitriles is 2. The molecule has 0 fully saturated rings. The van der Waals surface area contributed by atoms with Gasteiger partial charge in [0.1, 0.15) is 12.1 Å². The van der Waals surface area contributed by atoms with Gasteiger partial charge in [0.2, 0.25) is 0 Å². The molecule has 0 aliphatic rings. The average molecular weight is 223 g/mol. The van der Waals surface area contributed by atoms with Crippen LogP contribution in [0.1, 0.15) is 22.8 Å². The molecule has 0 aliphatic carbocycles. The lowest BCUT2D eigenvalue weighted by atomic mass is 10.3. The number of aromatic nitrogens is 3. The van der Waals surface area contributed by atoms with E-state index in [1.165, 1.54) is 6.33 Å². The van der Waals surface area contributed by atoms with Crippen molar-refractivity contribution in [1.29, 1.82) is 10.5 Å². The maximum atomic E-state index is 8.97. The quantitative estimate of drug-likeness (QED) is 0.770. The van der Waals surface area contributed by atoms with Gasteiger partial charge < -0.3 is 4.57 Å². The van der Waals surface area contributed by atoms with Crippen LogP contribution in [-0.4, -0.2) is 14.5 Å². The van der Waals surface area contributed by atoms with Gasteiger partial charge in [-0.25, -0.2) is 4.98 Å². The second-order valence-electron chi connectivity index (χ2n) is 3.56. The predicted molar refractivity (Wildman–Crippen MR) is 59.7 cm³/mol. The molecule has 0 unspecified atom stereocenters. The van der Waals surface area contributed by atoms with Crippen LogP contribution in [0, 0.1) is 29.6 Å². The van der Waals surface area contributed by atoms with Gasteiger partial charge in [-0.2, -0.15) is 10.5 Å². The van der Waals surface area contributed by atoms with Crippen molar-refractivity contribution >= 4 is 0 Å². The average Bonchev–Trinajstić information content (AvgIpc) is 2.71. The van der Waals surface area contributed by atoms with E-state index in [1.54, 1.807) is 4.57 Å². The van der Waals surface area contributed by atoms with Crippen LogP contribution in [0.5, 0.6) is 0 Å². The summed E-state index contributed by atoms with van der Waals surface area (Å²) in [6.07, 6.45) is 1.49. The van der Waals surface area contributed by atoms with E-state index >= 15 is 0 Å². The Balaban J connectivity index is 2.35. The van der Waals surface area contributed by atoms with Gasteiger partial charge in [0.25, 0.3) is 0 Å². The molecule has 5 heteroatoms. The van der Waals surface area contributed by atoms with E-state index in [4.69, 9.17) is 10.5 Å². The molecule has 0 atom stereocenters. The summed E-state index contributed by atoms with van der Waals surface area (Å²) in [4.78, 5) is 8.21. The van der Waals surface area contributed by atoms with Crippen LogP contribution in [0.25, 0.3) is 0 Å². The maximum absolute atomic E-state index is 8.97. The molecule has 82 valence electrons. The third-order valence-electron chi connectivity index (χ3n) is 2.33. The van der Waals surface area contributed by atoms with Crippen molar-refractivity contribution in [3.63, 3.8) is 0 Å². The molecular weight excluding hydrogens is 214 g/mol. The largest absolute Gasteiger partial charge is 0.315 e. The molecule has 0 N–H and O–H groups in total. The van der Waals surface area contributed by atoms with E-state index in [9.17, 15) is 0 Å². The first kappa shape index (κ1) is 10.8. The van der Waals surface area contributed by atoms with Crippen LogP contribution < -0.4 is 0 Å². The first-order chi connectivity index (χ1) is 8.24. The Hall–Kier alpha value is -2.66. The highest BCUT2D eigenvalue weighted by atomic mass is 15.1. The Bertz CT molecular complexity index is 627. The normalized spacial score (nSPS) is 9.59. The van der Waals surface area contributed by atoms with Crippen molar-refractivity contribution in [3.8, 4) is 12.1 Å². The minimum atomic E-state index is 0.153. The molecule has 0 bridgehead atoms. The second-order valence-corrected chi connectivity index (χ2v) is 3.56. The van der Waals surface area contributed by atoms with E-state index in [2.05, 4.69) is 9.97 Å². The van der Waals surface area contributed by atoms with Crippen LogP contribution in [0.2, 0.25) is 0 Å². The van der Waals surface area contributed by atoms with E-state index < -0.39 is 0 Å². The first-order valence-corrected chi connectivity index (χ1v) is 5.02. The molecule has 2 aromatic rings.